The molecule has 2 N–H and O–H groups in total. The van der Waals surface area contributed by atoms with Crippen molar-refractivity contribution in [2.75, 3.05) is 12.4 Å². The van der Waals surface area contributed by atoms with Crippen LogP contribution < -0.4 is 5.32 Å². The third-order valence-electron chi connectivity index (χ3n) is 2.58. The standard InChI is InChI=1S/C12H13Br2NO4/c1-12(2,19-3)11(18)15-9-7(10(16)17)4-6(13)5-8(9)14/h4-5H,1-3H3,(H,15,18)(H,16,17). The van der Waals surface area contributed by atoms with Crippen LogP contribution >= 0.6 is 31.9 Å². The number of benzene rings is 1. The molecule has 0 heterocycles. The van der Waals surface area contributed by atoms with Gasteiger partial charge in [-0.15, -0.1) is 0 Å². The quantitative estimate of drug-likeness (QED) is 0.821. The average Bonchev–Trinajstić information content (AvgIpc) is 2.31. The number of carboxylic acids is 1. The summed E-state index contributed by atoms with van der Waals surface area (Å²) in [5, 5.41) is 11.7. The molecule has 0 fully saturated rings. The Bertz CT molecular complexity index is 529. The van der Waals surface area contributed by atoms with Crippen molar-refractivity contribution < 1.29 is 19.4 Å². The number of methoxy groups -OCH3 is 1. The third kappa shape index (κ3) is 3.77. The first-order valence-electron chi connectivity index (χ1n) is 5.28. The molecule has 1 aromatic carbocycles. The Labute approximate surface area is 127 Å². The monoisotopic (exact) mass is 393 g/mol. The summed E-state index contributed by atoms with van der Waals surface area (Å²) in [6, 6.07) is 3.07. The van der Waals surface area contributed by atoms with Gasteiger partial charge in [-0.25, -0.2) is 4.79 Å². The van der Waals surface area contributed by atoms with Gasteiger partial charge in [0.1, 0.15) is 5.60 Å². The van der Waals surface area contributed by atoms with E-state index in [4.69, 9.17) is 9.84 Å². The van der Waals surface area contributed by atoms with Crippen molar-refractivity contribution in [2.45, 2.75) is 19.4 Å². The topological polar surface area (TPSA) is 75.6 Å². The lowest BCUT2D eigenvalue weighted by atomic mass is 10.1. The smallest absolute Gasteiger partial charge is 0.337 e. The fraction of sp³-hybridized carbons (Fsp3) is 0.333. The van der Waals surface area contributed by atoms with Crippen LogP contribution in [0.15, 0.2) is 21.1 Å². The molecule has 0 aliphatic heterocycles. The summed E-state index contributed by atoms with van der Waals surface area (Å²) in [5.41, 5.74) is -0.866. The zero-order valence-electron chi connectivity index (χ0n) is 10.6. The summed E-state index contributed by atoms with van der Waals surface area (Å²) in [5.74, 6) is -1.56. The first-order valence-corrected chi connectivity index (χ1v) is 6.86. The van der Waals surface area contributed by atoms with E-state index in [9.17, 15) is 9.59 Å². The fourth-order valence-electron chi connectivity index (χ4n) is 1.23. The molecule has 0 bridgehead atoms. The van der Waals surface area contributed by atoms with Crippen LogP contribution in [-0.2, 0) is 9.53 Å². The molecule has 104 valence electrons. The summed E-state index contributed by atoms with van der Waals surface area (Å²) in [7, 11) is 1.41. The Balaban J connectivity index is 3.21. The van der Waals surface area contributed by atoms with Crippen LogP contribution in [0.3, 0.4) is 0 Å². The molecular weight excluding hydrogens is 382 g/mol. The lowest BCUT2D eigenvalue weighted by Gasteiger charge is -2.22. The Morgan fingerprint density at radius 2 is 1.89 bits per heavy atom. The maximum Gasteiger partial charge on any atom is 0.337 e. The molecule has 0 saturated carbocycles. The third-order valence-corrected chi connectivity index (χ3v) is 3.66. The van der Waals surface area contributed by atoms with Gasteiger partial charge in [-0.3, -0.25) is 4.79 Å². The average molecular weight is 395 g/mol. The van der Waals surface area contributed by atoms with Crippen molar-refractivity contribution in [3.8, 4) is 0 Å². The molecular formula is C12H13Br2NO4. The summed E-state index contributed by atoms with van der Waals surface area (Å²) >= 11 is 6.44. The number of anilines is 1. The Morgan fingerprint density at radius 3 is 2.37 bits per heavy atom. The van der Waals surface area contributed by atoms with Crippen molar-refractivity contribution in [3.63, 3.8) is 0 Å². The Morgan fingerprint density at radius 1 is 1.32 bits per heavy atom. The van der Waals surface area contributed by atoms with E-state index in [2.05, 4.69) is 37.2 Å². The molecule has 0 radical (unpaired) electrons. The number of hydrogen-bond acceptors (Lipinski definition) is 3. The van der Waals surface area contributed by atoms with Crippen LogP contribution in [0.4, 0.5) is 5.69 Å². The number of carbonyl (C=O) groups excluding carboxylic acids is 1. The van der Waals surface area contributed by atoms with Gasteiger partial charge in [0.2, 0.25) is 0 Å². The van der Waals surface area contributed by atoms with Crippen molar-refractivity contribution >= 4 is 49.4 Å². The largest absolute Gasteiger partial charge is 0.478 e. The molecule has 0 aromatic heterocycles. The number of rotatable bonds is 4. The number of hydrogen-bond donors (Lipinski definition) is 2. The van der Waals surface area contributed by atoms with E-state index in [1.54, 1.807) is 19.9 Å². The second-order valence-electron chi connectivity index (χ2n) is 4.28. The molecule has 5 nitrogen and oxygen atoms in total. The second-order valence-corrected chi connectivity index (χ2v) is 6.05. The van der Waals surface area contributed by atoms with Gasteiger partial charge < -0.3 is 15.2 Å². The highest BCUT2D eigenvalue weighted by molar-refractivity contribution is 9.11. The maximum atomic E-state index is 12.0. The predicted octanol–water partition coefficient (Wildman–Crippen LogP) is 3.27. The van der Waals surface area contributed by atoms with Gasteiger partial charge in [0.25, 0.3) is 5.91 Å². The normalized spacial score (nSPS) is 11.2. The molecule has 1 rings (SSSR count). The molecule has 0 unspecified atom stereocenters. The number of halogens is 2. The molecule has 1 aromatic rings. The van der Waals surface area contributed by atoms with E-state index in [1.807, 2.05) is 0 Å². The van der Waals surface area contributed by atoms with Crippen LogP contribution in [0.1, 0.15) is 24.2 Å². The van der Waals surface area contributed by atoms with Crippen LogP contribution in [0.2, 0.25) is 0 Å². The van der Waals surface area contributed by atoms with E-state index in [0.717, 1.165) is 0 Å². The number of carboxylic acid groups (broad SMARTS) is 1. The summed E-state index contributed by atoms with van der Waals surface area (Å²) in [4.78, 5) is 23.2. The molecule has 19 heavy (non-hydrogen) atoms. The maximum absolute atomic E-state index is 12.0. The molecule has 0 aliphatic rings. The van der Waals surface area contributed by atoms with Crippen molar-refractivity contribution in [2.24, 2.45) is 0 Å². The van der Waals surface area contributed by atoms with Gasteiger partial charge in [-0.2, -0.15) is 0 Å². The highest BCUT2D eigenvalue weighted by Crippen LogP contribution is 2.31. The molecule has 1 amide bonds. The summed E-state index contributed by atoms with van der Waals surface area (Å²) in [6.45, 7) is 3.19. The second kappa shape index (κ2) is 6.02. The van der Waals surface area contributed by atoms with Crippen LogP contribution in [0.25, 0.3) is 0 Å². The van der Waals surface area contributed by atoms with Crippen LogP contribution in [-0.4, -0.2) is 29.7 Å². The van der Waals surface area contributed by atoms with Gasteiger partial charge in [0, 0.05) is 16.1 Å². The minimum atomic E-state index is -1.13. The van der Waals surface area contributed by atoms with E-state index in [0.29, 0.717) is 8.95 Å². The lowest BCUT2D eigenvalue weighted by molar-refractivity contribution is -0.133. The van der Waals surface area contributed by atoms with Crippen LogP contribution in [0.5, 0.6) is 0 Å². The minimum absolute atomic E-state index is 0.0125. The number of amides is 1. The van der Waals surface area contributed by atoms with E-state index in [-0.39, 0.29) is 11.3 Å². The van der Waals surface area contributed by atoms with Gasteiger partial charge in [0.05, 0.1) is 11.3 Å². The zero-order chi connectivity index (χ0) is 14.8. The lowest BCUT2D eigenvalue weighted by Crippen LogP contribution is -2.39. The molecule has 7 heteroatoms. The Hall–Kier alpha value is -0.920. The van der Waals surface area contributed by atoms with Crippen molar-refractivity contribution in [1.82, 2.24) is 0 Å². The molecule has 0 spiro atoms. The highest BCUT2D eigenvalue weighted by atomic mass is 79.9. The summed E-state index contributed by atoms with van der Waals surface area (Å²) < 4.78 is 6.12. The molecule has 0 aliphatic carbocycles. The number of carbonyl (C=O) groups is 2. The van der Waals surface area contributed by atoms with Gasteiger partial charge in [-0.1, -0.05) is 15.9 Å². The molecule has 0 atom stereocenters. The Kier molecular flexibility index (Phi) is 5.11. The van der Waals surface area contributed by atoms with Crippen molar-refractivity contribution in [3.05, 3.63) is 26.6 Å². The van der Waals surface area contributed by atoms with Gasteiger partial charge in [0.15, 0.2) is 0 Å². The van der Waals surface area contributed by atoms with E-state index >= 15 is 0 Å². The van der Waals surface area contributed by atoms with E-state index < -0.39 is 17.5 Å². The molecule has 0 saturated heterocycles. The minimum Gasteiger partial charge on any atom is -0.478 e. The number of ether oxygens (including phenoxy) is 1. The van der Waals surface area contributed by atoms with Crippen molar-refractivity contribution in [1.29, 1.82) is 0 Å². The van der Waals surface area contributed by atoms with Crippen LogP contribution in [0, 0.1) is 0 Å². The zero-order valence-corrected chi connectivity index (χ0v) is 13.8. The predicted molar refractivity (Wildman–Crippen MR) is 78.5 cm³/mol. The number of nitrogens with one attached hydrogen (secondary N) is 1. The van der Waals surface area contributed by atoms with Gasteiger partial charge >= 0.3 is 5.97 Å². The van der Waals surface area contributed by atoms with E-state index in [1.165, 1.54) is 13.2 Å². The first-order chi connectivity index (χ1) is 8.69. The summed E-state index contributed by atoms with van der Waals surface area (Å²) in [6.07, 6.45) is 0. The number of aromatic carboxylic acids is 1. The first kappa shape index (κ1) is 16.1. The van der Waals surface area contributed by atoms with Gasteiger partial charge in [-0.05, 0) is 41.9 Å². The fourth-order valence-corrected chi connectivity index (χ4v) is 2.55. The SMILES string of the molecule is COC(C)(C)C(=O)Nc1c(Br)cc(Br)cc1C(=O)O. The highest BCUT2D eigenvalue weighted by Gasteiger charge is 2.29.